The normalized spacial score (nSPS) is 16.8. The van der Waals surface area contributed by atoms with Gasteiger partial charge in [-0.25, -0.2) is 8.78 Å². The molecule has 1 saturated heterocycles. The number of methoxy groups -OCH3 is 1. The van der Waals surface area contributed by atoms with Crippen LogP contribution in [0.3, 0.4) is 0 Å². The lowest BCUT2D eigenvalue weighted by Gasteiger charge is -2.41. The molecule has 2 aliphatic rings. The maximum Gasteiger partial charge on any atom is 0.325 e. The molecule has 1 fully saturated rings. The van der Waals surface area contributed by atoms with E-state index in [-0.39, 0.29) is 55.9 Å². The summed E-state index contributed by atoms with van der Waals surface area (Å²) in [5, 5.41) is 21.3. The van der Waals surface area contributed by atoms with Crippen LogP contribution in [0.15, 0.2) is 72.6 Å². The van der Waals surface area contributed by atoms with Gasteiger partial charge in [0, 0.05) is 93.7 Å². The number of carbonyl (C=O) groups excluding carboxylic acids is 6. The molecule has 72 heavy (non-hydrogen) atoms. The van der Waals surface area contributed by atoms with Crippen LogP contribution in [0.25, 0.3) is 11.1 Å². The molecule has 5 atom stereocenters. The number of amides is 5. The third kappa shape index (κ3) is 17.5. The van der Waals surface area contributed by atoms with E-state index in [2.05, 4.69) is 21.3 Å². The number of aliphatic hydroxyl groups is 1. The molecule has 7 N–H and O–H groups in total. The summed E-state index contributed by atoms with van der Waals surface area (Å²) in [5.41, 5.74) is 8.45. The fourth-order valence-electron chi connectivity index (χ4n) is 8.46. The number of hydrogen-bond donors (Lipinski definition) is 6. The topological polar surface area (TPSA) is 227 Å². The summed E-state index contributed by atoms with van der Waals surface area (Å²) < 4.78 is 41.9. The van der Waals surface area contributed by atoms with Crippen LogP contribution >= 0.6 is 0 Å². The predicted molar refractivity (Wildman–Crippen MR) is 272 cm³/mol. The number of nitrogens with two attached hydrogens (primary N) is 1. The van der Waals surface area contributed by atoms with E-state index in [1.807, 2.05) is 96.4 Å². The molecule has 17 nitrogen and oxygen atoms in total. The van der Waals surface area contributed by atoms with E-state index in [4.69, 9.17) is 15.2 Å². The van der Waals surface area contributed by atoms with E-state index in [9.17, 15) is 38.3 Å². The van der Waals surface area contributed by atoms with Gasteiger partial charge in [0.2, 0.25) is 29.5 Å². The Morgan fingerprint density at radius 1 is 0.931 bits per heavy atom. The lowest BCUT2D eigenvalue weighted by atomic mass is 9.82. The van der Waals surface area contributed by atoms with Crippen LogP contribution in [0.2, 0.25) is 0 Å². The van der Waals surface area contributed by atoms with Crippen LogP contribution in [0.4, 0.5) is 8.78 Å². The zero-order valence-corrected chi connectivity index (χ0v) is 43.7. The third-order valence-corrected chi connectivity index (χ3v) is 12.2. The molecule has 0 aliphatic carbocycles. The summed E-state index contributed by atoms with van der Waals surface area (Å²) in [6, 6.07) is 12.1. The number of likely N-dealkylation sites (tertiary alicyclic amines) is 1. The van der Waals surface area contributed by atoms with Gasteiger partial charge in [0.05, 0.1) is 18.6 Å². The Kier molecular flexibility index (Phi) is 24.5. The predicted octanol–water partition coefficient (Wildman–Crippen LogP) is 4.96. The molecule has 2 aliphatic heterocycles. The van der Waals surface area contributed by atoms with Gasteiger partial charge in [-0.2, -0.15) is 0 Å². The summed E-state index contributed by atoms with van der Waals surface area (Å²) >= 11 is 0. The summed E-state index contributed by atoms with van der Waals surface area (Å²) in [5.74, 6) is -4.17. The molecule has 3 aromatic rings. The number of hydrogen-bond acceptors (Lipinski definition) is 11. The molecule has 5 unspecified atom stereocenters. The minimum Gasteiger partial charge on any atom is -0.461 e. The van der Waals surface area contributed by atoms with Gasteiger partial charge in [0.1, 0.15) is 43.0 Å². The van der Waals surface area contributed by atoms with E-state index in [1.165, 1.54) is 12.0 Å². The Morgan fingerprint density at radius 3 is 2.22 bits per heavy atom. The molecule has 0 spiro atoms. The van der Waals surface area contributed by atoms with Gasteiger partial charge in [0.25, 0.3) is 0 Å². The van der Waals surface area contributed by atoms with Crippen molar-refractivity contribution < 1.29 is 52.1 Å². The number of halogens is 2. The van der Waals surface area contributed by atoms with Gasteiger partial charge in [0.15, 0.2) is 0 Å². The molecular weight excluding hydrogens is 931 g/mol. The fourth-order valence-corrected chi connectivity index (χ4v) is 8.46. The van der Waals surface area contributed by atoms with Crippen LogP contribution in [0.1, 0.15) is 105 Å². The molecule has 3 heterocycles. The van der Waals surface area contributed by atoms with Crippen LogP contribution in [0, 0.1) is 23.0 Å². The van der Waals surface area contributed by atoms with Gasteiger partial charge in [-0.05, 0) is 48.6 Å². The fraction of sp³-hybridized carbons (Fsp3) is 0.547. The smallest absolute Gasteiger partial charge is 0.325 e. The summed E-state index contributed by atoms with van der Waals surface area (Å²) in [4.78, 5) is 80.1. The highest BCUT2D eigenvalue weighted by Crippen LogP contribution is 2.41. The van der Waals surface area contributed by atoms with E-state index >= 15 is 4.39 Å². The second-order valence-electron chi connectivity index (χ2n) is 18.4. The van der Waals surface area contributed by atoms with Gasteiger partial charge in [-0.1, -0.05) is 91.8 Å². The monoisotopic (exact) mass is 1010 g/mol. The van der Waals surface area contributed by atoms with Crippen LogP contribution in [0.5, 0.6) is 0 Å². The van der Waals surface area contributed by atoms with Gasteiger partial charge < -0.3 is 55.9 Å². The van der Waals surface area contributed by atoms with Gasteiger partial charge >= 0.3 is 5.97 Å². The Labute approximate surface area is 423 Å². The number of benzene rings is 2. The largest absolute Gasteiger partial charge is 0.461 e. The number of nitrogens with zero attached hydrogens (tertiary/aromatic N) is 3. The Bertz CT molecular complexity index is 2280. The zero-order chi connectivity index (χ0) is 53.7. The minimum absolute atomic E-state index is 0.0115. The van der Waals surface area contributed by atoms with Crippen molar-refractivity contribution >= 4 is 35.5 Å². The van der Waals surface area contributed by atoms with Crippen LogP contribution in [-0.4, -0.2) is 132 Å². The van der Waals surface area contributed by atoms with Crippen molar-refractivity contribution in [1.29, 1.82) is 0 Å². The SMILES string of the molecule is CC.CC.COC(C)C(=O)NCC(=O)N1CCC(OC(=O)CNC(=O)C2NC(CCNC(=O)C(N)CCN(C(=O)CO)C(c3cc(-c4cc(F)ccc4F)cn3Cc3ccccc3)C(C)(C)C)=CC2C)CC1. The van der Waals surface area contributed by atoms with Crippen molar-refractivity contribution in [2.75, 3.05) is 53.0 Å². The second-order valence-corrected chi connectivity index (χ2v) is 18.4. The highest BCUT2D eigenvalue weighted by Gasteiger charge is 2.38. The van der Waals surface area contributed by atoms with Crippen molar-refractivity contribution in [3.63, 3.8) is 0 Å². The molecule has 0 saturated carbocycles. The van der Waals surface area contributed by atoms with Crippen molar-refractivity contribution in [2.24, 2.45) is 17.1 Å². The first-order chi connectivity index (χ1) is 34.3. The lowest BCUT2D eigenvalue weighted by Crippen LogP contribution is -2.48. The second kappa shape index (κ2) is 29.4. The number of nitrogens with one attached hydrogen (secondary N) is 4. The molecule has 0 radical (unpaired) electrons. The molecule has 0 bridgehead atoms. The number of aliphatic hydroxyl groups excluding tert-OH is 1. The maximum atomic E-state index is 15.1. The molecule has 19 heteroatoms. The van der Waals surface area contributed by atoms with Crippen molar-refractivity contribution in [3.8, 4) is 11.1 Å². The molecule has 5 rings (SSSR count). The first kappa shape index (κ1) is 60.1. The lowest BCUT2D eigenvalue weighted by molar-refractivity contribution is -0.152. The average molecular weight is 1010 g/mol. The first-order valence-corrected chi connectivity index (χ1v) is 24.9. The molecule has 1 aromatic heterocycles. The van der Waals surface area contributed by atoms with E-state index in [1.54, 1.807) is 24.1 Å². The Hall–Kier alpha value is -6.18. The van der Waals surface area contributed by atoms with Gasteiger partial charge in [-0.15, -0.1) is 0 Å². The highest BCUT2D eigenvalue weighted by atomic mass is 19.1. The molecule has 398 valence electrons. The average Bonchev–Trinajstić information content (AvgIpc) is 3.96. The molecular formula is C53H78F2N8O9. The van der Waals surface area contributed by atoms with Crippen molar-refractivity contribution in [3.05, 3.63) is 95.5 Å². The number of carbonyl (C=O) groups is 6. The van der Waals surface area contributed by atoms with Crippen molar-refractivity contribution in [2.45, 2.75) is 125 Å². The molecule has 5 amide bonds. The third-order valence-electron chi connectivity index (χ3n) is 12.2. The molecule has 2 aromatic carbocycles. The first-order valence-electron chi connectivity index (χ1n) is 24.9. The van der Waals surface area contributed by atoms with E-state index < -0.39 is 77.7 Å². The number of ether oxygens (including phenoxy) is 2. The van der Waals surface area contributed by atoms with Crippen LogP contribution < -0.4 is 27.0 Å². The van der Waals surface area contributed by atoms with E-state index in [0.29, 0.717) is 55.9 Å². The number of piperidine rings is 1. The summed E-state index contributed by atoms with van der Waals surface area (Å²) in [6.45, 7) is 17.1. The Morgan fingerprint density at radius 2 is 1.60 bits per heavy atom. The summed E-state index contributed by atoms with van der Waals surface area (Å²) in [6.07, 6.45) is 3.71. The van der Waals surface area contributed by atoms with E-state index in [0.717, 1.165) is 23.8 Å². The zero-order valence-electron chi connectivity index (χ0n) is 43.7. The minimum atomic E-state index is -1.04. The van der Waals surface area contributed by atoms with Crippen molar-refractivity contribution in [1.82, 2.24) is 35.6 Å². The Balaban J connectivity index is 0.00000334. The van der Waals surface area contributed by atoms with Crippen LogP contribution in [-0.2, 0) is 44.8 Å². The number of aromatic nitrogens is 1. The quantitative estimate of drug-likeness (QED) is 0.0783. The van der Waals surface area contributed by atoms with Gasteiger partial charge in [-0.3, -0.25) is 28.8 Å². The number of rotatable bonds is 21. The summed E-state index contributed by atoms with van der Waals surface area (Å²) in [7, 11) is 1.40. The maximum absolute atomic E-state index is 15.1. The number of esters is 1. The standard InChI is InChI=1S/C49H66F2N8O9.2C2H6/c1-30-22-35(56-44(30)48(66)55-26-43(63)68-36-15-19-57(20-16-36)41(61)25-54-46(64)31(2)67-6)14-18-53-47(65)39(52)17-21-59(42(62)29-60)45(49(3,4)5)40-23-33(37-24-34(50)12-13-38(37)51)28-58(40)27-32-10-8-7-9-11-32;2*1-2/h7-13,22-24,28,30-31,36,39,44-45,56,60H,14-21,25-27,29,52H2,1-6H3,(H,53,65)(H,54,64)(H,55,66);2*1-2H3. The highest BCUT2D eigenvalue weighted by molar-refractivity contribution is 5.88.